The predicted molar refractivity (Wildman–Crippen MR) is 87.7 cm³/mol. The van der Waals surface area contributed by atoms with E-state index >= 15 is 0 Å². The maximum atomic E-state index is 13.1. The van der Waals surface area contributed by atoms with E-state index in [0.717, 1.165) is 35.7 Å². The van der Waals surface area contributed by atoms with Gasteiger partial charge in [0.1, 0.15) is 0 Å². The third kappa shape index (κ3) is 2.57. The van der Waals surface area contributed by atoms with E-state index in [1.165, 1.54) is 6.07 Å². The molecule has 24 heavy (non-hydrogen) atoms. The van der Waals surface area contributed by atoms with Crippen molar-refractivity contribution in [1.82, 2.24) is 0 Å². The fraction of sp³-hybridized carbons (Fsp3) is 0.368. The van der Waals surface area contributed by atoms with E-state index < -0.39 is 11.7 Å². The van der Waals surface area contributed by atoms with Crippen LogP contribution in [0.1, 0.15) is 41.5 Å². The summed E-state index contributed by atoms with van der Waals surface area (Å²) in [5.74, 6) is 0.294. The molecular weight excluding hydrogens is 313 g/mol. The van der Waals surface area contributed by atoms with E-state index in [0.29, 0.717) is 0 Å². The van der Waals surface area contributed by atoms with E-state index in [4.69, 9.17) is 5.73 Å². The van der Waals surface area contributed by atoms with Gasteiger partial charge in [-0.3, -0.25) is 0 Å². The van der Waals surface area contributed by atoms with Crippen LogP contribution in [-0.4, -0.2) is 6.04 Å². The van der Waals surface area contributed by atoms with Crippen LogP contribution in [0.3, 0.4) is 0 Å². The normalized spacial score (nSPS) is 28.8. The van der Waals surface area contributed by atoms with Gasteiger partial charge in [0.15, 0.2) is 0 Å². The van der Waals surface area contributed by atoms with Crippen molar-refractivity contribution < 1.29 is 13.2 Å². The van der Waals surface area contributed by atoms with Crippen molar-refractivity contribution in [2.45, 2.75) is 37.0 Å². The lowest BCUT2D eigenvalue weighted by atomic mass is 9.77. The minimum atomic E-state index is -4.32. The van der Waals surface area contributed by atoms with Gasteiger partial charge < -0.3 is 11.1 Å². The van der Waals surface area contributed by atoms with Gasteiger partial charge in [-0.05, 0) is 54.0 Å². The third-order valence-corrected chi connectivity index (χ3v) is 5.32. The Morgan fingerprint density at radius 3 is 2.46 bits per heavy atom. The Labute approximate surface area is 138 Å². The van der Waals surface area contributed by atoms with Crippen LogP contribution in [0, 0.1) is 5.92 Å². The molecule has 1 aliphatic heterocycles. The monoisotopic (exact) mass is 332 g/mol. The zero-order valence-electron chi connectivity index (χ0n) is 13.1. The molecule has 126 valence electrons. The third-order valence-electron chi connectivity index (χ3n) is 5.32. The lowest BCUT2D eigenvalue weighted by Gasteiger charge is -2.38. The summed E-state index contributed by atoms with van der Waals surface area (Å²) in [6.45, 7) is 0. The largest absolute Gasteiger partial charge is 0.416 e. The number of hydrogen-bond donors (Lipinski definition) is 2. The quantitative estimate of drug-likeness (QED) is 0.795. The van der Waals surface area contributed by atoms with Crippen molar-refractivity contribution in [3.63, 3.8) is 0 Å². The number of hydrogen-bond acceptors (Lipinski definition) is 2. The number of benzene rings is 2. The highest BCUT2D eigenvalue weighted by Crippen LogP contribution is 2.53. The lowest BCUT2D eigenvalue weighted by molar-refractivity contribution is -0.137. The molecule has 0 amide bonds. The van der Waals surface area contributed by atoms with Gasteiger partial charge in [-0.25, -0.2) is 0 Å². The summed E-state index contributed by atoms with van der Waals surface area (Å²) in [6.07, 6.45) is -2.75. The van der Waals surface area contributed by atoms with E-state index in [2.05, 4.69) is 17.4 Å². The van der Waals surface area contributed by atoms with E-state index in [9.17, 15) is 13.2 Å². The first-order valence-electron chi connectivity index (χ1n) is 8.21. The molecule has 2 aromatic carbocycles. The molecule has 4 atom stereocenters. The van der Waals surface area contributed by atoms with Gasteiger partial charge in [0.05, 0.1) is 11.6 Å². The van der Waals surface area contributed by atoms with Crippen LogP contribution in [0.25, 0.3) is 0 Å². The predicted octanol–water partition coefficient (Wildman–Crippen LogP) is 4.69. The second-order valence-corrected chi connectivity index (χ2v) is 6.83. The van der Waals surface area contributed by atoms with Crippen LogP contribution in [0.5, 0.6) is 0 Å². The number of rotatable bonds is 1. The number of nitrogens with one attached hydrogen (secondary N) is 1. The molecule has 0 spiro atoms. The van der Waals surface area contributed by atoms with Crippen molar-refractivity contribution >= 4 is 5.69 Å². The Kier molecular flexibility index (Phi) is 3.57. The SMILES string of the molecule is N[C@@H]1C[C@@H]2[C@H](C1)c1cc(C(F)(F)F)ccc1N[C@H]2c1ccccc1. The van der Waals surface area contributed by atoms with Crippen LogP contribution in [-0.2, 0) is 6.18 Å². The molecule has 0 bridgehead atoms. The Bertz CT molecular complexity index is 742. The maximum Gasteiger partial charge on any atom is 0.416 e. The smallest absolute Gasteiger partial charge is 0.378 e. The van der Waals surface area contributed by atoms with Crippen LogP contribution in [0.4, 0.5) is 18.9 Å². The standard InChI is InChI=1S/C19H19F3N2/c20-19(21,22)12-6-7-17-15(8-12)14-9-13(23)10-16(14)18(24-17)11-4-2-1-3-5-11/h1-8,13-14,16,18,24H,9-10,23H2/t13-,14+,16+,18-/m0/s1. The first kappa shape index (κ1) is 15.5. The minimum Gasteiger partial charge on any atom is -0.378 e. The molecule has 3 N–H and O–H groups in total. The fourth-order valence-electron chi connectivity index (χ4n) is 4.28. The molecule has 2 aromatic rings. The van der Waals surface area contributed by atoms with Crippen molar-refractivity contribution in [3.8, 4) is 0 Å². The summed E-state index contributed by atoms with van der Waals surface area (Å²) >= 11 is 0. The van der Waals surface area contributed by atoms with Crippen molar-refractivity contribution in [1.29, 1.82) is 0 Å². The second kappa shape index (κ2) is 5.52. The molecule has 5 heteroatoms. The highest BCUT2D eigenvalue weighted by atomic mass is 19.4. The molecule has 4 rings (SSSR count). The fourth-order valence-corrected chi connectivity index (χ4v) is 4.28. The number of nitrogens with two attached hydrogens (primary N) is 1. The lowest BCUT2D eigenvalue weighted by Crippen LogP contribution is -2.29. The Balaban J connectivity index is 1.78. The summed E-state index contributed by atoms with van der Waals surface area (Å²) in [6, 6.07) is 14.2. The van der Waals surface area contributed by atoms with Crippen molar-refractivity contribution in [2.24, 2.45) is 11.7 Å². The summed E-state index contributed by atoms with van der Waals surface area (Å²) < 4.78 is 39.2. The molecule has 0 unspecified atom stereocenters. The van der Waals surface area contributed by atoms with Gasteiger partial charge in [-0.15, -0.1) is 0 Å². The molecule has 1 fully saturated rings. The van der Waals surface area contributed by atoms with Gasteiger partial charge >= 0.3 is 6.18 Å². The Morgan fingerprint density at radius 1 is 1.00 bits per heavy atom. The molecule has 0 radical (unpaired) electrons. The minimum absolute atomic E-state index is 0.0357. The van der Waals surface area contributed by atoms with Crippen molar-refractivity contribution in [2.75, 3.05) is 5.32 Å². The average Bonchev–Trinajstić information content (AvgIpc) is 2.95. The molecule has 2 aliphatic rings. The van der Waals surface area contributed by atoms with Gasteiger partial charge in [0, 0.05) is 11.7 Å². The first-order valence-corrected chi connectivity index (χ1v) is 8.21. The molecular formula is C19H19F3N2. The van der Waals surface area contributed by atoms with E-state index in [1.54, 1.807) is 6.07 Å². The second-order valence-electron chi connectivity index (χ2n) is 6.83. The molecule has 0 saturated heterocycles. The van der Waals surface area contributed by atoms with E-state index in [1.807, 2.05) is 18.2 Å². The topological polar surface area (TPSA) is 38.0 Å². The molecule has 1 aliphatic carbocycles. The first-order chi connectivity index (χ1) is 11.4. The molecule has 1 heterocycles. The molecule has 2 nitrogen and oxygen atoms in total. The summed E-state index contributed by atoms with van der Waals surface area (Å²) in [5.41, 5.74) is 8.30. The maximum absolute atomic E-state index is 13.1. The van der Waals surface area contributed by atoms with Crippen LogP contribution < -0.4 is 11.1 Å². The highest BCUT2D eigenvalue weighted by Gasteiger charge is 2.44. The summed E-state index contributed by atoms with van der Waals surface area (Å²) in [4.78, 5) is 0. The van der Waals surface area contributed by atoms with Crippen LogP contribution in [0.15, 0.2) is 48.5 Å². The van der Waals surface area contributed by atoms with Gasteiger partial charge in [-0.1, -0.05) is 30.3 Å². The number of alkyl halides is 3. The molecule has 0 aromatic heterocycles. The van der Waals surface area contributed by atoms with Crippen LogP contribution in [0.2, 0.25) is 0 Å². The summed E-state index contributed by atoms with van der Waals surface area (Å²) in [7, 11) is 0. The van der Waals surface area contributed by atoms with Gasteiger partial charge in [0.25, 0.3) is 0 Å². The zero-order chi connectivity index (χ0) is 16.9. The zero-order valence-corrected chi connectivity index (χ0v) is 13.1. The Hall–Kier alpha value is -2.01. The number of fused-ring (bicyclic) bond motifs is 3. The van der Waals surface area contributed by atoms with Crippen LogP contribution >= 0.6 is 0 Å². The highest BCUT2D eigenvalue weighted by molar-refractivity contribution is 5.59. The Morgan fingerprint density at radius 2 is 1.75 bits per heavy atom. The van der Waals surface area contributed by atoms with Gasteiger partial charge in [0.2, 0.25) is 0 Å². The summed E-state index contributed by atoms with van der Waals surface area (Å²) in [5, 5.41) is 3.46. The molecule has 1 saturated carbocycles. The van der Waals surface area contributed by atoms with Gasteiger partial charge in [-0.2, -0.15) is 13.2 Å². The van der Waals surface area contributed by atoms with Crippen molar-refractivity contribution in [3.05, 3.63) is 65.2 Å². The number of anilines is 1. The number of halogens is 3. The van der Waals surface area contributed by atoms with E-state index in [-0.39, 0.29) is 23.9 Å². The average molecular weight is 332 g/mol.